The fourth-order valence-corrected chi connectivity index (χ4v) is 3.95. The number of ether oxygens (including phenoxy) is 1. The van der Waals surface area contributed by atoms with E-state index in [1.54, 1.807) is 50.2 Å². The molecule has 2 amide bonds. The fourth-order valence-electron chi connectivity index (χ4n) is 2.86. The zero-order chi connectivity index (χ0) is 21.7. The third-order valence-corrected chi connectivity index (χ3v) is 5.59. The van der Waals surface area contributed by atoms with Gasteiger partial charge in [-0.2, -0.15) is 0 Å². The molecule has 0 aliphatic carbocycles. The lowest BCUT2D eigenvalue weighted by Gasteiger charge is -2.09. The van der Waals surface area contributed by atoms with Crippen molar-refractivity contribution in [3.63, 3.8) is 0 Å². The van der Waals surface area contributed by atoms with Crippen LogP contribution in [0, 0.1) is 13.8 Å². The van der Waals surface area contributed by atoms with Gasteiger partial charge in [-0.15, -0.1) is 11.3 Å². The van der Waals surface area contributed by atoms with Crippen molar-refractivity contribution in [3.8, 4) is 0 Å². The lowest BCUT2D eigenvalue weighted by Crippen LogP contribution is -2.17. The van der Waals surface area contributed by atoms with E-state index in [2.05, 4.69) is 10.6 Å². The molecule has 0 bridgehead atoms. The molecule has 3 aromatic rings. The number of anilines is 2. The monoisotopic (exact) mass is 422 g/mol. The second-order valence-electron chi connectivity index (χ2n) is 6.62. The Morgan fingerprint density at radius 2 is 1.57 bits per heavy atom. The lowest BCUT2D eigenvalue weighted by atomic mass is 10.1. The van der Waals surface area contributed by atoms with Gasteiger partial charge in [0.2, 0.25) is 0 Å². The summed E-state index contributed by atoms with van der Waals surface area (Å²) in [5, 5.41) is 5.89. The van der Waals surface area contributed by atoms with Crippen molar-refractivity contribution in [1.82, 2.24) is 0 Å². The number of para-hydroxylation sites is 1. The SMILES string of the molecule is CCOC(=O)c1sc(NC(=O)c2ccc(C)cc2)c(C(=O)Nc2ccccc2)c1C. The second kappa shape index (κ2) is 9.37. The van der Waals surface area contributed by atoms with Crippen LogP contribution in [-0.2, 0) is 4.74 Å². The van der Waals surface area contributed by atoms with E-state index in [0.717, 1.165) is 16.9 Å². The van der Waals surface area contributed by atoms with E-state index in [4.69, 9.17) is 4.74 Å². The van der Waals surface area contributed by atoms with Crippen LogP contribution in [0.25, 0.3) is 0 Å². The molecule has 0 aliphatic rings. The number of nitrogens with one attached hydrogen (secondary N) is 2. The van der Waals surface area contributed by atoms with E-state index in [1.165, 1.54) is 0 Å². The average Bonchev–Trinajstić information content (AvgIpc) is 3.05. The zero-order valence-electron chi connectivity index (χ0n) is 16.9. The van der Waals surface area contributed by atoms with Crippen LogP contribution in [0.3, 0.4) is 0 Å². The van der Waals surface area contributed by atoms with Gasteiger partial charge in [-0.3, -0.25) is 9.59 Å². The molecule has 0 spiro atoms. The smallest absolute Gasteiger partial charge is 0.348 e. The van der Waals surface area contributed by atoms with Crippen LogP contribution < -0.4 is 10.6 Å². The Labute approximate surface area is 178 Å². The molecule has 0 aliphatic heterocycles. The summed E-state index contributed by atoms with van der Waals surface area (Å²) in [4.78, 5) is 38.4. The van der Waals surface area contributed by atoms with Crippen LogP contribution in [0.4, 0.5) is 10.7 Å². The summed E-state index contributed by atoms with van der Waals surface area (Å²) in [5.41, 5.74) is 2.81. The molecule has 30 heavy (non-hydrogen) atoms. The average molecular weight is 423 g/mol. The topological polar surface area (TPSA) is 84.5 Å². The van der Waals surface area contributed by atoms with Gasteiger partial charge < -0.3 is 15.4 Å². The van der Waals surface area contributed by atoms with E-state index in [0.29, 0.717) is 21.8 Å². The highest BCUT2D eigenvalue weighted by Gasteiger charge is 2.26. The molecule has 7 heteroatoms. The van der Waals surface area contributed by atoms with Gasteiger partial charge in [0, 0.05) is 11.3 Å². The van der Waals surface area contributed by atoms with Crippen molar-refractivity contribution in [1.29, 1.82) is 0 Å². The molecule has 0 fully saturated rings. The Morgan fingerprint density at radius 3 is 2.20 bits per heavy atom. The number of benzene rings is 2. The normalized spacial score (nSPS) is 10.4. The van der Waals surface area contributed by atoms with Gasteiger partial charge in [-0.25, -0.2) is 4.79 Å². The number of rotatable bonds is 6. The summed E-state index contributed by atoms with van der Waals surface area (Å²) >= 11 is 1.03. The van der Waals surface area contributed by atoms with Crippen LogP contribution in [0.1, 0.15) is 48.4 Å². The maximum Gasteiger partial charge on any atom is 0.348 e. The highest BCUT2D eigenvalue weighted by Crippen LogP contribution is 2.34. The molecule has 0 atom stereocenters. The highest BCUT2D eigenvalue weighted by atomic mass is 32.1. The third-order valence-electron chi connectivity index (χ3n) is 4.41. The van der Waals surface area contributed by atoms with Crippen molar-refractivity contribution < 1.29 is 19.1 Å². The first kappa shape index (κ1) is 21.3. The summed E-state index contributed by atoms with van der Waals surface area (Å²) in [5.74, 6) is -1.30. The summed E-state index contributed by atoms with van der Waals surface area (Å²) in [7, 11) is 0. The number of amides is 2. The first-order chi connectivity index (χ1) is 14.4. The standard InChI is InChI=1S/C23H22N2O4S/c1-4-29-23(28)19-15(3)18(21(27)24-17-8-6-5-7-9-17)22(30-19)25-20(26)16-12-10-14(2)11-13-16/h5-13H,4H2,1-3H3,(H,24,27)(H,25,26). The predicted octanol–water partition coefficient (Wildman–Crippen LogP) is 5.05. The molecule has 3 rings (SSSR count). The Hall–Kier alpha value is -3.45. The molecular weight excluding hydrogens is 400 g/mol. The molecule has 1 heterocycles. The molecule has 0 unspecified atom stereocenters. The van der Waals surface area contributed by atoms with Gasteiger partial charge >= 0.3 is 5.97 Å². The third kappa shape index (κ3) is 4.75. The Balaban J connectivity index is 1.96. The van der Waals surface area contributed by atoms with Crippen molar-refractivity contribution in [2.75, 3.05) is 17.2 Å². The van der Waals surface area contributed by atoms with Crippen molar-refractivity contribution in [2.24, 2.45) is 0 Å². The van der Waals surface area contributed by atoms with Crippen molar-refractivity contribution in [2.45, 2.75) is 20.8 Å². The van der Waals surface area contributed by atoms with E-state index in [1.807, 2.05) is 25.1 Å². The first-order valence-electron chi connectivity index (χ1n) is 9.45. The number of carbonyl (C=O) groups is 3. The lowest BCUT2D eigenvalue weighted by molar-refractivity contribution is 0.0531. The quantitative estimate of drug-likeness (QED) is 0.545. The molecule has 154 valence electrons. The number of aryl methyl sites for hydroxylation is 1. The summed E-state index contributed by atoms with van der Waals surface area (Å²) in [6.45, 7) is 5.53. The van der Waals surface area contributed by atoms with Gasteiger partial charge in [0.05, 0.1) is 12.2 Å². The minimum atomic E-state index is -0.524. The van der Waals surface area contributed by atoms with Crippen LogP contribution in [-0.4, -0.2) is 24.4 Å². The predicted molar refractivity (Wildman–Crippen MR) is 119 cm³/mol. The Kier molecular flexibility index (Phi) is 6.64. The molecular formula is C23H22N2O4S. The van der Waals surface area contributed by atoms with Crippen molar-refractivity contribution in [3.05, 3.63) is 81.7 Å². The van der Waals surface area contributed by atoms with Gasteiger partial charge in [0.15, 0.2) is 0 Å². The first-order valence-corrected chi connectivity index (χ1v) is 10.3. The molecule has 1 aromatic heterocycles. The summed E-state index contributed by atoms with van der Waals surface area (Å²) in [6.07, 6.45) is 0. The van der Waals surface area contributed by atoms with Gasteiger partial charge in [-0.1, -0.05) is 35.9 Å². The van der Waals surface area contributed by atoms with Gasteiger partial charge in [0.1, 0.15) is 9.88 Å². The van der Waals surface area contributed by atoms with Gasteiger partial charge in [-0.05, 0) is 50.6 Å². The number of hydrogen-bond acceptors (Lipinski definition) is 5. The van der Waals surface area contributed by atoms with E-state index in [9.17, 15) is 14.4 Å². The fraction of sp³-hybridized carbons (Fsp3) is 0.174. The van der Waals surface area contributed by atoms with Crippen LogP contribution >= 0.6 is 11.3 Å². The van der Waals surface area contributed by atoms with Crippen LogP contribution in [0.2, 0.25) is 0 Å². The number of esters is 1. The minimum Gasteiger partial charge on any atom is -0.462 e. The van der Waals surface area contributed by atoms with E-state index >= 15 is 0 Å². The van der Waals surface area contributed by atoms with E-state index in [-0.39, 0.29) is 23.0 Å². The maximum absolute atomic E-state index is 13.0. The maximum atomic E-state index is 13.0. The number of thiophene rings is 1. The minimum absolute atomic E-state index is 0.215. The second-order valence-corrected chi connectivity index (χ2v) is 7.64. The molecule has 6 nitrogen and oxygen atoms in total. The molecule has 2 N–H and O–H groups in total. The molecule has 0 saturated heterocycles. The van der Waals surface area contributed by atoms with Gasteiger partial charge in [0.25, 0.3) is 11.8 Å². The molecule has 0 radical (unpaired) electrons. The molecule has 0 saturated carbocycles. The highest BCUT2D eigenvalue weighted by molar-refractivity contribution is 7.18. The van der Waals surface area contributed by atoms with Crippen LogP contribution in [0.5, 0.6) is 0 Å². The Morgan fingerprint density at radius 1 is 0.900 bits per heavy atom. The Bertz CT molecular complexity index is 1070. The number of hydrogen-bond donors (Lipinski definition) is 2. The molecule has 2 aromatic carbocycles. The van der Waals surface area contributed by atoms with E-state index < -0.39 is 11.9 Å². The number of carbonyl (C=O) groups excluding carboxylic acids is 3. The zero-order valence-corrected chi connectivity index (χ0v) is 17.8. The summed E-state index contributed by atoms with van der Waals surface area (Å²) in [6, 6.07) is 16.1. The summed E-state index contributed by atoms with van der Waals surface area (Å²) < 4.78 is 5.10. The van der Waals surface area contributed by atoms with Crippen molar-refractivity contribution >= 4 is 39.8 Å². The van der Waals surface area contributed by atoms with Crippen LogP contribution in [0.15, 0.2) is 54.6 Å². The largest absolute Gasteiger partial charge is 0.462 e.